The Morgan fingerprint density at radius 3 is 2.61 bits per heavy atom. The molecule has 0 aliphatic carbocycles. The van der Waals surface area contributed by atoms with Gasteiger partial charge in [-0.3, -0.25) is 4.90 Å². The standard InChI is InChI=1S/C20H21NO2/c1-14(2)17-10-7-11-18(12-17)19-15(3)21(20(22)23-19)13-16-8-5-4-6-9-16/h4-12,15,19H,1,13H2,2-3H3/t15-,19-/m0/s1. The third kappa shape index (κ3) is 3.14. The summed E-state index contributed by atoms with van der Waals surface area (Å²) in [6.45, 7) is 8.56. The van der Waals surface area contributed by atoms with Gasteiger partial charge in [0.15, 0.2) is 0 Å². The molecule has 0 saturated carbocycles. The molecule has 3 nitrogen and oxygen atoms in total. The van der Waals surface area contributed by atoms with Crippen LogP contribution in [0, 0.1) is 0 Å². The van der Waals surface area contributed by atoms with Crippen molar-refractivity contribution >= 4 is 11.7 Å². The molecule has 1 aliphatic heterocycles. The highest BCUT2D eigenvalue weighted by Crippen LogP contribution is 2.34. The van der Waals surface area contributed by atoms with E-state index in [4.69, 9.17) is 4.74 Å². The van der Waals surface area contributed by atoms with Gasteiger partial charge in [-0.2, -0.15) is 0 Å². The summed E-state index contributed by atoms with van der Waals surface area (Å²) in [5.74, 6) is 0. The number of cyclic esters (lactones) is 1. The number of allylic oxidation sites excluding steroid dienone is 1. The van der Waals surface area contributed by atoms with Crippen molar-refractivity contribution in [3.8, 4) is 0 Å². The minimum Gasteiger partial charge on any atom is -0.439 e. The molecule has 1 amide bonds. The molecule has 2 aromatic carbocycles. The van der Waals surface area contributed by atoms with Crippen molar-refractivity contribution in [3.05, 3.63) is 77.9 Å². The third-order valence-electron chi connectivity index (χ3n) is 4.30. The van der Waals surface area contributed by atoms with E-state index < -0.39 is 0 Å². The number of benzene rings is 2. The first-order chi connectivity index (χ1) is 11.1. The number of nitrogens with zero attached hydrogens (tertiary/aromatic N) is 1. The molecular formula is C20H21NO2. The van der Waals surface area contributed by atoms with E-state index in [-0.39, 0.29) is 18.2 Å². The Bertz CT molecular complexity index is 723. The minimum absolute atomic E-state index is 0.0110. The van der Waals surface area contributed by atoms with Gasteiger partial charge in [-0.25, -0.2) is 4.79 Å². The molecule has 3 rings (SSSR count). The summed E-state index contributed by atoms with van der Waals surface area (Å²) < 4.78 is 5.64. The normalized spacial score (nSPS) is 20.4. The van der Waals surface area contributed by atoms with E-state index in [1.807, 2.05) is 62.4 Å². The number of ether oxygens (including phenoxy) is 1. The Labute approximate surface area is 137 Å². The average Bonchev–Trinajstić information content (AvgIpc) is 2.84. The van der Waals surface area contributed by atoms with Gasteiger partial charge >= 0.3 is 6.09 Å². The van der Waals surface area contributed by atoms with Crippen LogP contribution in [-0.2, 0) is 11.3 Å². The van der Waals surface area contributed by atoms with Crippen molar-refractivity contribution in [2.24, 2.45) is 0 Å². The highest BCUT2D eigenvalue weighted by Gasteiger charge is 2.39. The molecule has 0 aromatic heterocycles. The van der Waals surface area contributed by atoms with Gasteiger partial charge in [-0.1, -0.05) is 60.7 Å². The van der Waals surface area contributed by atoms with Gasteiger partial charge in [0.25, 0.3) is 0 Å². The predicted molar refractivity (Wildman–Crippen MR) is 91.8 cm³/mol. The van der Waals surface area contributed by atoms with Crippen molar-refractivity contribution in [1.82, 2.24) is 4.90 Å². The molecule has 1 saturated heterocycles. The molecule has 2 aromatic rings. The first-order valence-corrected chi connectivity index (χ1v) is 7.83. The third-order valence-corrected chi connectivity index (χ3v) is 4.30. The fourth-order valence-electron chi connectivity index (χ4n) is 2.92. The van der Waals surface area contributed by atoms with E-state index >= 15 is 0 Å². The second-order valence-corrected chi connectivity index (χ2v) is 6.06. The molecule has 0 spiro atoms. The van der Waals surface area contributed by atoms with Crippen molar-refractivity contribution in [1.29, 1.82) is 0 Å². The summed E-state index contributed by atoms with van der Waals surface area (Å²) in [4.78, 5) is 14.1. The van der Waals surface area contributed by atoms with Crippen LogP contribution in [-0.4, -0.2) is 17.0 Å². The quantitative estimate of drug-likeness (QED) is 0.812. The van der Waals surface area contributed by atoms with Crippen LogP contribution in [0.1, 0.15) is 36.6 Å². The van der Waals surface area contributed by atoms with Crippen molar-refractivity contribution in [2.75, 3.05) is 0 Å². The molecule has 0 N–H and O–H groups in total. The van der Waals surface area contributed by atoms with E-state index in [0.717, 1.165) is 22.3 Å². The Hall–Kier alpha value is -2.55. The monoisotopic (exact) mass is 307 g/mol. The van der Waals surface area contributed by atoms with Crippen molar-refractivity contribution in [2.45, 2.75) is 32.5 Å². The largest absolute Gasteiger partial charge is 0.439 e. The van der Waals surface area contributed by atoms with E-state index in [1.165, 1.54) is 0 Å². The van der Waals surface area contributed by atoms with Crippen molar-refractivity contribution < 1.29 is 9.53 Å². The second-order valence-electron chi connectivity index (χ2n) is 6.06. The summed E-state index contributed by atoms with van der Waals surface area (Å²) in [6, 6.07) is 18.0. The number of hydrogen-bond acceptors (Lipinski definition) is 2. The summed E-state index contributed by atoms with van der Waals surface area (Å²) in [5.41, 5.74) is 4.20. The van der Waals surface area contributed by atoms with Crippen LogP contribution in [0.25, 0.3) is 5.57 Å². The number of rotatable bonds is 4. The summed E-state index contributed by atoms with van der Waals surface area (Å²) in [6.07, 6.45) is -0.502. The number of carbonyl (C=O) groups is 1. The first kappa shape index (κ1) is 15.3. The lowest BCUT2D eigenvalue weighted by Gasteiger charge is -2.21. The molecule has 1 fully saturated rings. The Morgan fingerprint density at radius 1 is 1.17 bits per heavy atom. The predicted octanol–water partition coefficient (Wildman–Crippen LogP) is 4.80. The lowest BCUT2D eigenvalue weighted by Crippen LogP contribution is -2.31. The van der Waals surface area contributed by atoms with Crippen molar-refractivity contribution in [3.63, 3.8) is 0 Å². The zero-order valence-electron chi connectivity index (χ0n) is 13.5. The van der Waals surface area contributed by atoms with Crippen LogP contribution < -0.4 is 0 Å². The molecule has 23 heavy (non-hydrogen) atoms. The fourth-order valence-corrected chi connectivity index (χ4v) is 2.92. The van der Waals surface area contributed by atoms with E-state index in [1.54, 1.807) is 4.90 Å². The SMILES string of the molecule is C=C(C)c1cccc([C@H]2OC(=O)N(Cc3ccccc3)[C@H]2C)c1. The Morgan fingerprint density at radius 2 is 1.91 bits per heavy atom. The highest BCUT2D eigenvalue weighted by molar-refractivity contribution is 5.71. The second kappa shape index (κ2) is 6.29. The molecule has 0 bridgehead atoms. The first-order valence-electron chi connectivity index (χ1n) is 7.83. The highest BCUT2D eigenvalue weighted by atomic mass is 16.6. The molecule has 118 valence electrons. The van der Waals surface area contributed by atoms with E-state index in [9.17, 15) is 4.79 Å². The smallest absolute Gasteiger partial charge is 0.411 e. The molecule has 0 unspecified atom stereocenters. The lowest BCUT2D eigenvalue weighted by atomic mass is 9.98. The van der Waals surface area contributed by atoms with Gasteiger partial charge in [-0.05, 0) is 36.6 Å². The van der Waals surface area contributed by atoms with Crippen LogP contribution in [0.15, 0.2) is 61.2 Å². The van der Waals surface area contributed by atoms with Crippen LogP contribution in [0.4, 0.5) is 4.79 Å². The lowest BCUT2D eigenvalue weighted by molar-refractivity contribution is 0.130. The maximum absolute atomic E-state index is 12.3. The average molecular weight is 307 g/mol. The number of carbonyl (C=O) groups excluding carboxylic acids is 1. The van der Waals surface area contributed by atoms with Gasteiger partial charge < -0.3 is 4.74 Å². The summed E-state index contributed by atoms with van der Waals surface area (Å²) >= 11 is 0. The Kier molecular flexibility index (Phi) is 4.20. The van der Waals surface area contributed by atoms with Crippen LogP contribution in [0.2, 0.25) is 0 Å². The number of amides is 1. The Balaban J connectivity index is 1.82. The van der Waals surface area contributed by atoms with Crippen LogP contribution in [0.3, 0.4) is 0 Å². The van der Waals surface area contributed by atoms with Crippen LogP contribution in [0.5, 0.6) is 0 Å². The molecule has 1 aliphatic rings. The minimum atomic E-state index is -0.257. The summed E-state index contributed by atoms with van der Waals surface area (Å²) in [5, 5.41) is 0. The van der Waals surface area contributed by atoms with Crippen LogP contribution >= 0.6 is 0 Å². The zero-order valence-corrected chi connectivity index (χ0v) is 13.5. The van der Waals surface area contributed by atoms with Gasteiger partial charge in [0.05, 0.1) is 6.04 Å². The topological polar surface area (TPSA) is 29.5 Å². The molecule has 2 atom stereocenters. The molecular weight excluding hydrogens is 286 g/mol. The maximum Gasteiger partial charge on any atom is 0.411 e. The molecule has 0 radical (unpaired) electrons. The summed E-state index contributed by atoms with van der Waals surface area (Å²) in [7, 11) is 0. The molecule has 1 heterocycles. The van der Waals surface area contributed by atoms with Gasteiger partial charge in [0, 0.05) is 6.54 Å². The van der Waals surface area contributed by atoms with E-state index in [2.05, 4.69) is 12.6 Å². The van der Waals surface area contributed by atoms with Gasteiger partial charge in [-0.15, -0.1) is 0 Å². The fraction of sp³-hybridized carbons (Fsp3) is 0.250. The van der Waals surface area contributed by atoms with Gasteiger partial charge in [0.2, 0.25) is 0 Å². The maximum atomic E-state index is 12.3. The number of hydrogen-bond donors (Lipinski definition) is 0. The zero-order chi connectivity index (χ0) is 16.4. The van der Waals surface area contributed by atoms with E-state index in [0.29, 0.717) is 6.54 Å². The van der Waals surface area contributed by atoms with Gasteiger partial charge in [0.1, 0.15) is 6.10 Å². The molecule has 3 heteroatoms.